The van der Waals surface area contributed by atoms with E-state index in [1.807, 2.05) is 0 Å². The molecule has 0 aromatic carbocycles. The van der Waals surface area contributed by atoms with Crippen LogP contribution < -0.4 is 0 Å². The zero-order chi connectivity index (χ0) is 12.0. The molecule has 1 saturated heterocycles. The van der Waals surface area contributed by atoms with Crippen molar-refractivity contribution in [2.75, 3.05) is 13.2 Å². The lowest BCUT2D eigenvalue weighted by Crippen LogP contribution is -2.33. The molecule has 1 fully saturated rings. The third kappa shape index (κ3) is 4.08. The molecular weight excluding hydrogens is 212 g/mol. The molecule has 5 heteroatoms. The molecule has 0 amide bonds. The lowest BCUT2D eigenvalue weighted by Gasteiger charge is -2.14. The van der Waals surface area contributed by atoms with Crippen molar-refractivity contribution >= 4 is 5.97 Å². The fraction of sp³-hybridized carbons (Fsp3) is 0.909. The fourth-order valence-corrected chi connectivity index (χ4v) is 1.58. The molecule has 5 nitrogen and oxygen atoms in total. The van der Waals surface area contributed by atoms with E-state index in [1.54, 1.807) is 0 Å². The number of esters is 1. The van der Waals surface area contributed by atoms with Crippen molar-refractivity contribution in [3.63, 3.8) is 0 Å². The van der Waals surface area contributed by atoms with Crippen molar-refractivity contribution in [2.45, 2.75) is 50.9 Å². The Morgan fingerprint density at radius 2 is 2.19 bits per heavy atom. The molecule has 0 aromatic rings. The average Bonchev–Trinajstić information content (AvgIpc) is 2.58. The minimum absolute atomic E-state index is 0.0170. The van der Waals surface area contributed by atoms with Crippen LogP contribution in [0.2, 0.25) is 0 Å². The Hall–Kier alpha value is -0.650. The largest absolute Gasteiger partial charge is 0.463 e. The van der Waals surface area contributed by atoms with Crippen molar-refractivity contribution in [3.05, 3.63) is 0 Å². The molecule has 2 N–H and O–H groups in total. The summed E-state index contributed by atoms with van der Waals surface area (Å²) >= 11 is 0. The molecule has 1 aliphatic rings. The van der Waals surface area contributed by atoms with Gasteiger partial charge in [0.25, 0.3) is 0 Å². The van der Waals surface area contributed by atoms with Gasteiger partial charge >= 0.3 is 5.97 Å². The number of hydrogen-bond acceptors (Lipinski definition) is 5. The summed E-state index contributed by atoms with van der Waals surface area (Å²) in [4.78, 5) is 11.2. The molecule has 0 aliphatic carbocycles. The summed E-state index contributed by atoms with van der Waals surface area (Å²) < 4.78 is 10.0. The van der Waals surface area contributed by atoms with Crippen LogP contribution >= 0.6 is 0 Å². The van der Waals surface area contributed by atoms with E-state index < -0.39 is 18.3 Å². The summed E-state index contributed by atoms with van der Waals surface area (Å²) in [7, 11) is 0. The lowest BCUT2D eigenvalue weighted by atomic mass is 10.1. The highest BCUT2D eigenvalue weighted by atomic mass is 16.6. The zero-order valence-corrected chi connectivity index (χ0v) is 9.59. The maximum absolute atomic E-state index is 11.2. The number of ether oxygens (including phenoxy) is 2. The van der Waals surface area contributed by atoms with Gasteiger partial charge in [-0.1, -0.05) is 19.8 Å². The van der Waals surface area contributed by atoms with Crippen LogP contribution in [0.5, 0.6) is 0 Å². The molecule has 0 unspecified atom stereocenters. The Morgan fingerprint density at radius 3 is 2.75 bits per heavy atom. The highest BCUT2D eigenvalue weighted by Gasteiger charge is 2.35. The Labute approximate surface area is 95.4 Å². The van der Waals surface area contributed by atoms with Gasteiger partial charge in [0.2, 0.25) is 0 Å². The number of carbonyl (C=O) groups excluding carboxylic acids is 1. The van der Waals surface area contributed by atoms with Crippen LogP contribution in [-0.2, 0) is 14.3 Å². The van der Waals surface area contributed by atoms with E-state index >= 15 is 0 Å². The minimum atomic E-state index is -0.955. The van der Waals surface area contributed by atoms with Gasteiger partial charge in [-0.15, -0.1) is 0 Å². The summed E-state index contributed by atoms with van der Waals surface area (Å²) in [5.41, 5.74) is 0. The van der Waals surface area contributed by atoms with Gasteiger partial charge < -0.3 is 19.7 Å². The first kappa shape index (κ1) is 13.4. The Morgan fingerprint density at radius 1 is 1.44 bits per heavy atom. The molecule has 1 heterocycles. The van der Waals surface area contributed by atoms with Crippen LogP contribution in [0.3, 0.4) is 0 Å². The molecular formula is C11H20O5. The van der Waals surface area contributed by atoms with E-state index in [0.29, 0.717) is 6.42 Å². The van der Waals surface area contributed by atoms with Gasteiger partial charge in [0.15, 0.2) is 0 Å². The zero-order valence-electron chi connectivity index (χ0n) is 9.59. The Balaban J connectivity index is 2.12. The quantitative estimate of drug-likeness (QED) is 0.506. The third-order valence-electron chi connectivity index (χ3n) is 2.65. The molecule has 0 radical (unpaired) electrons. The molecule has 0 aromatic heterocycles. The van der Waals surface area contributed by atoms with Gasteiger partial charge in [-0.25, -0.2) is 0 Å². The van der Waals surface area contributed by atoms with Gasteiger partial charge in [-0.2, -0.15) is 0 Å². The molecule has 0 spiro atoms. The van der Waals surface area contributed by atoms with E-state index in [0.717, 1.165) is 19.3 Å². The Bertz CT molecular complexity index is 218. The van der Waals surface area contributed by atoms with E-state index in [2.05, 4.69) is 6.92 Å². The van der Waals surface area contributed by atoms with Gasteiger partial charge in [-0.3, -0.25) is 4.79 Å². The van der Waals surface area contributed by atoms with Crippen molar-refractivity contribution < 1.29 is 24.5 Å². The number of rotatable bonds is 6. The second-order valence-corrected chi connectivity index (χ2v) is 4.07. The van der Waals surface area contributed by atoms with E-state index in [-0.39, 0.29) is 19.2 Å². The molecule has 3 atom stereocenters. The summed E-state index contributed by atoms with van der Waals surface area (Å²) in [5, 5.41) is 18.6. The predicted molar refractivity (Wildman–Crippen MR) is 56.9 cm³/mol. The smallest absolute Gasteiger partial charge is 0.305 e. The number of carbonyl (C=O) groups is 1. The molecule has 94 valence electrons. The second kappa shape index (κ2) is 6.83. The molecule has 16 heavy (non-hydrogen) atoms. The van der Waals surface area contributed by atoms with Gasteiger partial charge in [-0.05, 0) is 6.42 Å². The maximum atomic E-state index is 11.2. The Kier molecular flexibility index (Phi) is 5.73. The predicted octanol–water partition coefficient (Wildman–Crippen LogP) is 0.231. The van der Waals surface area contributed by atoms with Crippen molar-refractivity contribution in [1.82, 2.24) is 0 Å². The SMILES string of the molecule is CCCCCC(=O)OC[C@@H]1OC[C@H](O)[C@@H]1O. The second-order valence-electron chi connectivity index (χ2n) is 4.07. The first-order valence-electron chi connectivity index (χ1n) is 5.78. The topological polar surface area (TPSA) is 76.0 Å². The van der Waals surface area contributed by atoms with Crippen LogP contribution in [-0.4, -0.2) is 47.7 Å². The summed E-state index contributed by atoms with van der Waals surface area (Å²) in [6.45, 7) is 2.18. The minimum Gasteiger partial charge on any atom is -0.463 e. The highest BCUT2D eigenvalue weighted by molar-refractivity contribution is 5.69. The van der Waals surface area contributed by atoms with Crippen LogP contribution in [0.1, 0.15) is 32.6 Å². The third-order valence-corrected chi connectivity index (χ3v) is 2.65. The van der Waals surface area contributed by atoms with E-state index in [1.165, 1.54) is 0 Å². The van der Waals surface area contributed by atoms with Crippen LogP contribution in [0.25, 0.3) is 0 Å². The lowest BCUT2D eigenvalue weighted by molar-refractivity contribution is -0.148. The van der Waals surface area contributed by atoms with Crippen molar-refractivity contribution in [1.29, 1.82) is 0 Å². The fourth-order valence-electron chi connectivity index (χ4n) is 1.58. The number of aliphatic hydroxyl groups excluding tert-OH is 2. The summed E-state index contributed by atoms with van der Waals surface area (Å²) in [5.74, 6) is -0.273. The standard InChI is InChI=1S/C11H20O5/c1-2-3-4-5-10(13)16-7-9-11(14)8(12)6-15-9/h8-9,11-12,14H,2-7H2,1H3/t8-,9-,11-/m0/s1. The summed E-state index contributed by atoms with van der Waals surface area (Å²) in [6.07, 6.45) is 0.878. The van der Waals surface area contributed by atoms with Crippen molar-refractivity contribution in [2.24, 2.45) is 0 Å². The normalized spacial score (nSPS) is 29.3. The highest BCUT2D eigenvalue weighted by Crippen LogP contribution is 2.14. The molecule has 1 rings (SSSR count). The van der Waals surface area contributed by atoms with Gasteiger partial charge in [0.1, 0.15) is 24.9 Å². The van der Waals surface area contributed by atoms with E-state index in [4.69, 9.17) is 9.47 Å². The molecule has 1 aliphatic heterocycles. The molecule has 0 bridgehead atoms. The van der Waals surface area contributed by atoms with E-state index in [9.17, 15) is 15.0 Å². The van der Waals surface area contributed by atoms with Crippen molar-refractivity contribution in [3.8, 4) is 0 Å². The summed E-state index contributed by atoms with van der Waals surface area (Å²) in [6, 6.07) is 0. The van der Waals surface area contributed by atoms with Crippen LogP contribution in [0.15, 0.2) is 0 Å². The average molecular weight is 232 g/mol. The number of aliphatic hydroxyl groups is 2. The molecule has 0 saturated carbocycles. The van der Waals surface area contributed by atoms with Crippen LogP contribution in [0.4, 0.5) is 0 Å². The first-order valence-corrected chi connectivity index (χ1v) is 5.78. The first-order chi connectivity index (χ1) is 7.65. The number of unbranched alkanes of at least 4 members (excludes halogenated alkanes) is 2. The number of hydrogen-bond donors (Lipinski definition) is 2. The van der Waals surface area contributed by atoms with Crippen LogP contribution in [0, 0.1) is 0 Å². The van der Waals surface area contributed by atoms with Gasteiger partial charge in [0, 0.05) is 6.42 Å². The monoisotopic (exact) mass is 232 g/mol. The van der Waals surface area contributed by atoms with Gasteiger partial charge in [0.05, 0.1) is 6.61 Å². The maximum Gasteiger partial charge on any atom is 0.305 e.